The fraction of sp³-hybridized carbons (Fsp3) is 0.455. The number of hydrogen-bond donors (Lipinski definition) is 0. The molecule has 27 heavy (non-hydrogen) atoms. The van der Waals surface area contributed by atoms with Crippen molar-refractivity contribution in [1.82, 2.24) is 0 Å². The van der Waals surface area contributed by atoms with E-state index in [-0.39, 0.29) is 18.3 Å². The molecule has 1 heterocycles. The molecule has 0 saturated heterocycles. The Hall–Kier alpha value is -1.85. The molecule has 1 aliphatic heterocycles. The van der Waals surface area contributed by atoms with Crippen molar-refractivity contribution in [2.75, 3.05) is 6.61 Å². The summed E-state index contributed by atoms with van der Waals surface area (Å²) in [6.07, 6.45) is -2.81. The zero-order valence-corrected chi connectivity index (χ0v) is 15.0. The van der Waals surface area contributed by atoms with Gasteiger partial charge in [-0.1, -0.05) is 54.6 Å². The highest BCUT2D eigenvalue weighted by Gasteiger charge is 2.51. The maximum absolute atomic E-state index is 13.4. The first kappa shape index (κ1) is 18.5. The summed E-state index contributed by atoms with van der Waals surface area (Å²) < 4.78 is 51.8. The summed E-state index contributed by atoms with van der Waals surface area (Å²) in [4.78, 5) is 0. The second-order valence-electron chi connectivity index (χ2n) is 7.62. The predicted octanol–water partition coefficient (Wildman–Crippen LogP) is 5.72. The van der Waals surface area contributed by atoms with Crippen LogP contribution in [0.15, 0.2) is 54.6 Å². The fourth-order valence-corrected chi connectivity index (χ4v) is 4.50. The lowest BCUT2D eigenvalue weighted by molar-refractivity contribution is -0.235. The van der Waals surface area contributed by atoms with Crippen LogP contribution >= 0.6 is 0 Å². The Labute approximate surface area is 157 Å². The van der Waals surface area contributed by atoms with Crippen LogP contribution in [-0.2, 0) is 21.5 Å². The SMILES string of the molecule is FC(F)(F)C1OCC2(CCCC(OCc3ccccc3)C2)c2ccccc21. The first-order valence-electron chi connectivity index (χ1n) is 9.41. The molecule has 0 bridgehead atoms. The third-order valence-electron chi connectivity index (χ3n) is 5.77. The van der Waals surface area contributed by atoms with Crippen LogP contribution < -0.4 is 0 Å². The van der Waals surface area contributed by atoms with Gasteiger partial charge in [-0.05, 0) is 42.4 Å². The first-order valence-corrected chi connectivity index (χ1v) is 9.41. The van der Waals surface area contributed by atoms with E-state index in [0.717, 1.165) is 30.4 Å². The monoisotopic (exact) mass is 376 g/mol. The van der Waals surface area contributed by atoms with Crippen LogP contribution in [0.1, 0.15) is 48.5 Å². The van der Waals surface area contributed by atoms with Crippen molar-refractivity contribution in [3.8, 4) is 0 Å². The number of hydrogen-bond acceptors (Lipinski definition) is 2. The molecule has 0 radical (unpaired) electrons. The Bertz CT molecular complexity index is 775. The second kappa shape index (κ2) is 7.28. The van der Waals surface area contributed by atoms with E-state index in [4.69, 9.17) is 9.47 Å². The van der Waals surface area contributed by atoms with Crippen LogP contribution in [0, 0.1) is 0 Å². The average molecular weight is 376 g/mol. The van der Waals surface area contributed by atoms with Gasteiger partial charge < -0.3 is 9.47 Å². The summed E-state index contributed by atoms with van der Waals surface area (Å²) in [6.45, 7) is 0.620. The van der Waals surface area contributed by atoms with Crippen molar-refractivity contribution in [3.05, 3.63) is 71.3 Å². The van der Waals surface area contributed by atoms with E-state index in [0.29, 0.717) is 13.0 Å². The minimum atomic E-state index is -4.39. The molecular formula is C22H23F3O2. The van der Waals surface area contributed by atoms with Gasteiger partial charge in [0.05, 0.1) is 19.3 Å². The van der Waals surface area contributed by atoms with Gasteiger partial charge in [-0.25, -0.2) is 0 Å². The summed E-state index contributed by atoms with van der Waals surface area (Å²) in [5, 5.41) is 0. The number of alkyl halides is 3. The maximum Gasteiger partial charge on any atom is 0.418 e. The third kappa shape index (κ3) is 3.76. The molecule has 5 heteroatoms. The highest BCUT2D eigenvalue weighted by molar-refractivity contribution is 5.39. The molecule has 2 aliphatic rings. The molecule has 144 valence electrons. The molecule has 2 aromatic rings. The Morgan fingerprint density at radius 1 is 1.04 bits per heavy atom. The van der Waals surface area contributed by atoms with E-state index < -0.39 is 17.7 Å². The lowest BCUT2D eigenvalue weighted by Crippen LogP contribution is -2.46. The van der Waals surface area contributed by atoms with Crippen LogP contribution in [0.3, 0.4) is 0 Å². The number of ether oxygens (including phenoxy) is 2. The van der Waals surface area contributed by atoms with Crippen molar-refractivity contribution in [1.29, 1.82) is 0 Å². The van der Waals surface area contributed by atoms with E-state index >= 15 is 0 Å². The van der Waals surface area contributed by atoms with Gasteiger partial charge in [-0.15, -0.1) is 0 Å². The van der Waals surface area contributed by atoms with Gasteiger partial charge in [-0.3, -0.25) is 0 Å². The summed E-state index contributed by atoms with van der Waals surface area (Å²) in [7, 11) is 0. The third-order valence-corrected chi connectivity index (χ3v) is 5.77. The maximum atomic E-state index is 13.4. The van der Waals surface area contributed by atoms with Crippen molar-refractivity contribution in [3.63, 3.8) is 0 Å². The van der Waals surface area contributed by atoms with Gasteiger partial charge in [-0.2, -0.15) is 13.2 Å². The van der Waals surface area contributed by atoms with E-state index in [2.05, 4.69) is 0 Å². The smallest absolute Gasteiger partial charge is 0.374 e. The molecule has 3 atom stereocenters. The molecule has 0 amide bonds. The summed E-state index contributed by atoms with van der Waals surface area (Å²) in [5.74, 6) is 0. The number of halogens is 3. The highest BCUT2D eigenvalue weighted by atomic mass is 19.4. The van der Waals surface area contributed by atoms with E-state index in [9.17, 15) is 13.2 Å². The van der Waals surface area contributed by atoms with Crippen molar-refractivity contribution >= 4 is 0 Å². The lowest BCUT2D eigenvalue weighted by Gasteiger charge is -2.46. The summed E-state index contributed by atoms with van der Waals surface area (Å²) >= 11 is 0. The molecule has 1 aliphatic carbocycles. The molecule has 0 N–H and O–H groups in total. The molecule has 1 spiro atoms. The first-order chi connectivity index (χ1) is 13.0. The van der Waals surface area contributed by atoms with Crippen LogP contribution in [0.5, 0.6) is 0 Å². The number of fused-ring (bicyclic) bond motifs is 2. The van der Waals surface area contributed by atoms with E-state index in [1.54, 1.807) is 12.1 Å². The predicted molar refractivity (Wildman–Crippen MR) is 96.4 cm³/mol. The van der Waals surface area contributed by atoms with Gasteiger partial charge >= 0.3 is 6.18 Å². The zero-order chi connectivity index (χ0) is 18.9. The molecule has 1 saturated carbocycles. The van der Waals surface area contributed by atoms with Crippen LogP contribution in [-0.4, -0.2) is 18.9 Å². The normalized spacial score (nSPS) is 28.1. The van der Waals surface area contributed by atoms with E-state index in [1.807, 2.05) is 42.5 Å². The lowest BCUT2D eigenvalue weighted by atomic mass is 9.66. The molecule has 2 aromatic carbocycles. The number of rotatable bonds is 3. The largest absolute Gasteiger partial charge is 0.418 e. The van der Waals surface area contributed by atoms with Gasteiger partial charge in [0.2, 0.25) is 0 Å². The molecule has 0 aromatic heterocycles. The van der Waals surface area contributed by atoms with Crippen molar-refractivity contribution in [2.24, 2.45) is 0 Å². The second-order valence-corrected chi connectivity index (χ2v) is 7.62. The number of benzene rings is 2. The van der Waals surface area contributed by atoms with Crippen molar-refractivity contribution in [2.45, 2.75) is 56.1 Å². The highest BCUT2D eigenvalue weighted by Crippen LogP contribution is 2.50. The summed E-state index contributed by atoms with van der Waals surface area (Å²) in [5.41, 5.74) is 1.76. The van der Waals surface area contributed by atoms with Gasteiger partial charge in [0.25, 0.3) is 0 Å². The van der Waals surface area contributed by atoms with Crippen LogP contribution in [0.2, 0.25) is 0 Å². The van der Waals surface area contributed by atoms with Gasteiger partial charge in [0.15, 0.2) is 6.10 Å². The Kier molecular flexibility index (Phi) is 4.99. The zero-order valence-electron chi connectivity index (χ0n) is 15.0. The van der Waals surface area contributed by atoms with Gasteiger partial charge in [0, 0.05) is 5.41 Å². The molecule has 2 nitrogen and oxygen atoms in total. The standard InChI is InChI=1S/C22H23F3O2/c23-22(24,25)20-18-10-4-5-11-19(18)21(15-27-20)12-6-9-17(13-21)26-14-16-7-2-1-3-8-16/h1-5,7-8,10-11,17,20H,6,9,12-15H2. The molecular weight excluding hydrogens is 353 g/mol. The van der Waals surface area contributed by atoms with Crippen molar-refractivity contribution < 1.29 is 22.6 Å². The fourth-order valence-electron chi connectivity index (χ4n) is 4.50. The Morgan fingerprint density at radius 3 is 2.56 bits per heavy atom. The topological polar surface area (TPSA) is 18.5 Å². The molecule has 3 unspecified atom stereocenters. The van der Waals surface area contributed by atoms with Crippen LogP contribution in [0.25, 0.3) is 0 Å². The molecule has 1 fully saturated rings. The Balaban J connectivity index is 1.55. The Morgan fingerprint density at radius 2 is 1.78 bits per heavy atom. The van der Waals surface area contributed by atoms with Gasteiger partial charge in [0.1, 0.15) is 0 Å². The minimum Gasteiger partial charge on any atom is -0.374 e. The van der Waals surface area contributed by atoms with E-state index in [1.165, 1.54) is 0 Å². The summed E-state index contributed by atoms with van der Waals surface area (Å²) in [6, 6.07) is 16.8. The quantitative estimate of drug-likeness (QED) is 0.682. The van der Waals surface area contributed by atoms with Crippen LogP contribution in [0.4, 0.5) is 13.2 Å². The minimum absolute atomic E-state index is 0.0260. The molecule has 4 rings (SSSR count). The average Bonchev–Trinajstić information content (AvgIpc) is 2.67.